The molecule has 0 radical (unpaired) electrons. The van der Waals surface area contributed by atoms with Gasteiger partial charge in [0.15, 0.2) is 5.82 Å². The molecular weight excluding hydrogens is 629 g/mol. The maximum atomic E-state index is 6.81. The molecule has 4 heteroatoms. The Balaban J connectivity index is 1.19. The molecule has 0 unspecified atom stereocenters. The molecule has 0 saturated carbocycles. The highest BCUT2D eigenvalue weighted by Gasteiger charge is 2.22. The van der Waals surface area contributed by atoms with Gasteiger partial charge in [-0.3, -0.25) is 0 Å². The maximum absolute atomic E-state index is 6.81. The van der Waals surface area contributed by atoms with Gasteiger partial charge in [0, 0.05) is 37.5 Å². The number of rotatable bonds is 3. The van der Waals surface area contributed by atoms with Crippen LogP contribution >= 0.6 is 11.3 Å². The molecule has 0 N–H and O–H groups in total. The van der Waals surface area contributed by atoms with Crippen LogP contribution in [0.15, 0.2) is 162 Å². The van der Waals surface area contributed by atoms with Crippen LogP contribution < -0.4 is 0 Å². The Hall–Kier alpha value is -6.36. The molecule has 0 bridgehead atoms. The topological polar surface area (TPSA) is 38.9 Å². The molecule has 0 fully saturated rings. The molecule has 3 heterocycles. The monoisotopic (exact) mass is 654 g/mol. The van der Waals surface area contributed by atoms with E-state index < -0.39 is 0 Å². The molecule has 232 valence electrons. The predicted octanol–water partition coefficient (Wildman–Crippen LogP) is 13.2. The number of aromatic nitrogens is 2. The molecule has 0 spiro atoms. The number of furan rings is 1. The van der Waals surface area contributed by atoms with Gasteiger partial charge in [-0.2, -0.15) is 0 Å². The highest BCUT2D eigenvalue weighted by atomic mass is 32.1. The van der Waals surface area contributed by atoms with E-state index in [2.05, 4.69) is 158 Å². The van der Waals surface area contributed by atoms with Gasteiger partial charge in [-0.05, 0) is 62.1 Å². The summed E-state index contributed by atoms with van der Waals surface area (Å²) in [6.45, 7) is 0. The quantitative estimate of drug-likeness (QED) is 0.178. The molecule has 0 saturated heterocycles. The molecule has 0 atom stereocenters. The third-order valence-corrected chi connectivity index (χ3v) is 11.2. The van der Waals surface area contributed by atoms with Gasteiger partial charge in [0.1, 0.15) is 11.2 Å². The molecule has 50 heavy (non-hydrogen) atoms. The van der Waals surface area contributed by atoms with E-state index in [1.165, 1.54) is 37.0 Å². The summed E-state index contributed by atoms with van der Waals surface area (Å²) < 4.78 is 9.11. The van der Waals surface area contributed by atoms with E-state index in [1.807, 2.05) is 0 Å². The first kappa shape index (κ1) is 27.6. The number of para-hydroxylation sites is 1. The van der Waals surface area contributed by atoms with Gasteiger partial charge >= 0.3 is 0 Å². The minimum absolute atomic E-state index is 0.694. The fourth-order valence-corrected chi connectivity index (χ4v) is 8.92. The lowest BCUT2D eigenvalue weighted by Gasteiger charge is -2.11. The zero-order chi connectivity index (χ0) is 32.8. The van der Waals surface area contributed by atoms with Crippen molar-refractivity contribution in [2.75, 3.05) is 0 Å². The molecular formula is C46H26N2OS. The molecule has 8 aromatic carbocycles. The lowest BCUT2D eigenvalue weighted by Crippen LogP contribution is -1.94. The Bertz CT molecular complexity index is 3170. The number of benzene rings is 8. The van der Waals surface area contributed by atoms with Crippen LogP contribution in [0.5, 0.6) is 0 Å². The van der Waals surface area contributed by atoms with Crippen molar-refractivity contribution >= 4 is 85.9 Å². The number of fused-ring (bicyclic) bond motifs is 10. The lowest BCUT2D eigenvalue weighted by molar-refractivity contribution is 0.670. The lowest BCUT2D eigenvalue weighted by atomic mass is 9.92. The molecule has 0 amide bonds. The Morgan fingerprint density at radius 3 is 2.06 bits per heavy atom. The zero-order valence-corrected chi connectivity index (χ0v) is 27.5. The number of thiophene rings is 1. The third kappa shape index (κ3) is 4.03. The fraction of sp³-hybridized carbons (Fsp3) is 0. The maximum Gasteiger partial charge on any atom is 0.161 e. The van der Waals surface area contributed by atoms with E-state index in [-0.39, 0.29) is 0 Å². The minimum atomic E-state index is 0.694. The van der Waals surface area contributed by atoms with Crippen LogP contribution in [0.1, 0.15) is 0 Å². The fourth-order valence-electron chi connectivity index (χ4n) is 7.77. The molecule has 3 nitrogen and oxygen atoms in total. The molecule has 0 aliphatic carbocycles. The summed E-state index contributed by atoms with van der Waals surface area (Å²) >= 11 is 1.76. The average Bonchev–Trinajstić information content (AvgIpc) is 3.76. The Kier molecular flexibility index (Phi) is 5.83. The Labute approximate surface area is 290 Å². The van der Waals surface area contributed by atoms with E-state index in [4.69, 9.17) is 14.4 Å². The smallest absolute Gasteiger partial charge is 0.161 e. The normalized spacial score (nSPS) is 12.0. The van der Waals surface area contributed by atoms with Crippen molar-refractivity contribution in [2.45, 2.75) is 0 Å². The van der Waals surface area contributed by atoms with Gasteiger partial charge in [-0.15, -0.1) is 11.3 Å². The summed E-state index contributed by atoms with van der Waals surface area (Å²) in [6.07, 6.45) is 0. The van der Waals surface area contributed by atoms with Gasteiger partial charge in [-0.25, -0.2) is 9.97 Å². The Morgan fingerprint density at radius 2 is 1.16 bits per heavy atom. The highest BCUT2D eigenvalue weighted by Crippen LogP contribution is 2.45. The van der Waals surface area contributed by atoms with Crippen molar-refractivity contribution in [1.82, 2.24) is 9.97 Å². The van der Waals surface area contributed by atoms with E-state index >= 15 is 0 Å². The van der Waals surface area contributed by atoms with Crippen LogP contribution in [0.25, 0.3) is 108 Å². The zero-order valence-electron chi connectivity index (χ0n) is 26.7. The van der Waals surface area contributed by atoms with Gasteiger partial charge in [0.2, 0.25) is 0 Å². The Morgan fingerprint density at radius 1 is 0.460 bits per heavy atom. The molecule has 0 aliphatic heterocycles. The average molecular weight is 655 g/mol. The summed E-state index contributed by atoms with van der Waals surface area (Å²) in [4.78, 5) is 10.7. The van der Waals surface area contributed by atoms with E-state index in [0.717, 1.165) is 65.5 Å². The van der Waals surface area contributed by atoms with E-state index in [9.17, 15) is 0 Å². The van der Waals surface area contributed by atoms with Crippen molar-refractivity contribution in [1.29, 1.82) is 0 Å². The van der Waals surface area contributed by atoms with Gasteiger partial charge in [-0.1, -0.05) is 133 Å². The number of nitrogens with zero attached hydrogens (tertiary/aromatic N) is 2. The van der Waals surface area contributed by atoms with Crippen molar-refractivity contribution in [3.63, 3.8) is 0 Å². The summed E-state index contributed by atoms with van der Waals surface area (Å²) in [5.41, 5.74) is 7.89. The summed E-state index contributed by atoms with van der Waals surface area (Å²) in [6, 6.07) is 56.0. The first-order valence-electron chi connectivity index (χ1n) is 16.8. The van der Waals surface area contributed by atoms with Crippen molar-refractivity contribution in [3.05, 3.63) is 158 Å². The molecule has 3 aromatic heterocycles. The second-order valence-corrected chi connectivity index (χ2v) is 13.9. The highest BCUT2D eigenvalue weighted by molar-refractivity contribution is 7.26. The van der Waals surface area contributed by atoms with Gasteiger partial charge in [0.05, 0.1) is 15.9 Å². The summed E-state index contributed by atoms with van der Waals surface area (Å²) in [7, 11) is 0. The SMILES string of the molecule is c1ccc2cc(-c3nc(-c4cccc5oc6c(-c7cc8ccccc8c8ccccc78)cccc6c45)nc4c3sc3ccccc34)ccc2c1. The number of hydrogen-bond acceptors (Lipinski definition) is 4. The van der Waals surface area contributed by atoms with Crippen LogP contribution in [-0.4, -0.2) is 9.97 Å². The summed E-state index contributed by atoms with van der Waals surface area (Å²) in [5, 5.41) is 10.5. The first-order valence-corrected chi connectivity index (χ1v) is 17.6. The second-order valence-electron chi connectivity index (χ2n) is 12.9. The van der Waals surface area contributed by atoms with Gasteiger partial charge < -0.3 is 4.42 Å². The van der Waals surface area contributed by atoms with Crippen LogP contribution in [-0.2, 0) is 0 Å². The van der Waals surface area contributed by atoms with Crippen LogP contribution in [0.3, 0.4) is 0 Å². The molecule has 11 aromatic rings. The van der Waals surface area contributed by atoms with Crippen LogP contribution in [0.2, 0.25) is 0 Å². The van der Waals surface area contributed by atoms with E-state index in [0.29, 0.717) is 5.82 Å². The number of hydrogen-bond donors (Lipinski definition) is 0. The predicted molar refractivity (Wildman–Crippen MR) is 211 cm³/mol. The minimum Gasteiger partial charge on any atom is -0.455 e. The third-order valence-electron chi connectivity index (χ3n) is 10.1. The standard InChI is InChI=1S/C46H26N2OS/c1-2-12-28-25-30(24-23-27(28)11-1)42-45-43(35-17-7-8-22-40(35)50-45)48-46(47-42)37-20-10-21-39-41(37)36-19-9-18-34(44(36)49-39)38-26-29-13-3-4-14-31(29)32-15-5-6-16-33(32)38/h1-26H. The van der Waals surface area contributed by atoms with Crippen molar-refractivity contribution < 1.29 is 4.42 Å². The van der Waals surface area contributed by atoms with Crippen molar-refractivity contribution in [2.24, 2.45) is 0 Å². The van der Waals surface area contributed by atoms with Crippen LogP contribution in [0, 0.1) is 0 Å². The van der Waals surface area contributed by atoms with Gasteiger partial charge in [0.25, 0.3) is 0 Å². The first-order chi connectivity index (χ1) is 24.8. The molecule has 11 rings (SSSR count). The van der Waals surface area contributed by atoms with Crippen LogP contribution in [0.4, 0.5) is 0 Å². The van der Waals surface area contributed by atoms with Crippen molar-refractivity contribution in [3.8, 4) is 33.8 Å². The molecule has 0 aliphatic rings. The largest absolute Gasteiger partial charge is 0.455 e. The summed E-state index contributed by atoms with van der Waals surface area (Å²) in [5.74, 6) is 0.694. The second kappa shape index (κ2) is 10.6. The van der Waals surface area contributed by atoms with E-state index in [1.54, 1.807) is 11.3 Å².